The van der Waals surface area contributed by atoms with Crippen molar-refractivity contribution in [3.63, 3.8) is 0 Å². The summed E-state index contributed by atoms with van der Waals surface area (Å²) in [4.78, 5) is 21.9. The summed E-state index contributed by atoms with van der Waals surface area (Å²) >= 11 is 0. The molecule has 0 aromatic heterocycles. The lowest BCUT2D eigenvalue weighted by Gasteiger charge is -2.26. The Labute approximate surface area is 93.8 Å². The van der Waals surface area contributed by atoms with E-state index < -0.39 is 30.2 Å². The standard InChI is InChI=1S/C9H18N2O5/c1-9(2,5-16-3)11-8(15)10-6(4-12)7(13)14/h6,12H,4-5H2,1-3H3,(H,13,14)(H2,10,11,15). The summed E-state index contributed by atoms with van der Waals surface area (Å²) in [5.74, 6) is -1.29. The highest BCUT2D eigenvalue weighted by Crippen LogP contribution is 2.01. The maximum absolute atomic E-state index is 11.4. The summed E-state index contributed by atoms with van der Waals surface area (Å²) in [6.45, 7) is 3.08. The molecule has 7 nitrogen and oxygen atoms in total. The number of hydrogen-bond donors (Lipinski definition) is 4. The first kappa shape index (κ1) is 14.7. The molecule has 16 heavy (non-hydrogen) atoms. The summed E-state index contributed by atoms with van der Waals surface area (Å²) in [7, 11) is 1.50. The molecule has 2 amide bonds. The van der Waals surface area contributed by atoms with E-state index in [-0.39, 0.29) is 6.61 Å². The van der Waals surface area contributed by atoms with Crippen molar-refractivity contribution in [3.05, 3.63) is 0 Å². The van der Waals surface area contributed by atoms with Gasteiger partial charge in [0.25, 0.3) is 0 Å². The summed E-state index contributed by atoms with van der Waals surface area (Å²) in [5, 5.41) is 21.9. The van der Waals surface area contributed by atoms with E-state index in [4.69, 9.17) is 14.9 Å². The van der Waals surface area contributed by atoms with Gasteiger partial charge in [0.15, 0.2) is 6.04 Å². The molecule has 0 saturated carbocycles. The van der Waals surface area contributed by atoms with Crippen molar-refractivity contribution in [1.29, 1.82) is 0 Å². The molecule has 94 valence electrons. The van der Waals surface area contributed by atoms with Crippen LogP contribution >= 0.6 is 0 Å². The lowest BCUT2D eigenvalue weighted by Crippen LogP contribution is -2.55. The van der Waals surface area contributed by atoms with Crippen molar-refractivity contribution in [1.82, 2.24) is 10.6 Å². The number of hydrogen-bond acceptors (Lipinski definition) is 4. The highest BCUT2D eigenvalue weighted by Gasteiger charge is 2.24. The second-order valence-electron chi connectivity index (χ2n) is 3.99. The van der Waals surface area contributed by atoms with Crippen molar-refractivity contribution in [2.45, 2.75) is 25.4 Å². The second kappa shape index (κ2) is 6.29. The topological polar surface area (TPSA) is 108 Å². The van der Waals surface area contributed by atoms with Crippen LogP contribution in [0, 0.1) is 0 Å². The van der Waals surface area contributed by atoms with Crippen LogP contribution in [0.2, 0.25) is 0 Å². The average molecular weight is 234 g/mol. The van der Waals surface area contributed by atoms with Gasteiger partial charge >= 0.3 is 12.0 Å². The van der Waals surface area contributed by atoms with Gasteiger partial charge in [-0.15, -0.1) is 0 Å². The van der Waals surface area contributed by atoms with E-state index in [1.165, 1.54) is 7.11 Å². The molecule has 0 aliphatic rings. The van der Waals surface area contributed by atoms with E-state index >= 15 is 0 Å². The third kappa shape index (κ3) is 5.52. The number of rotatable bonds is 6. The molecule has 0 aromatic rings. The van der Waals surface area contributed by atoms with Gasteiger partial charge in [0.2, 0.25) is 0 Å². The molecule has 0 heterocycles. The Morgan fingerprint density at radius 3 is 2.38 bits per heavy atom. The van der Waals surface area contributed by atoms with Crippen molar-refractivity contribution in [2.75, 3.05) is 20.3 Å². The van der Waals surface area contributed by atoms with Crippen molar-refractivity contribution in [3.8, 4) is 0 Å². The highest BCUT2D eigenvalue weighted by atomic mass is 16.5. The van der Waals surface area contributed by atoms with Crippen LogP contribution in [0.3, 0.4) is 0 Å². The van der Waals surface area contributed by atoms with Gasteiger partial charge in [0.1, 0.15) is 0 Å². The van der Waals surface area contributed by atoms with Crippen LogP contribution in [0.25, 0.3) is 0 Å². The van der Waals surface area contributed by atoms with E-state index in [1.807, 2.05) is 0 Å². The van der Waals surface area contributed by atoms with Crippen molar-refractivity contribution in [2.24, 2.45) is 0 Å². The first-order valence-electron chi connectivity index (χ1n) is 4.73. The molecule has 4 N–H and O–H groups in total. The first-order chi connectivity index (χ1) is 7.32. The van der Waals surface area contributed by atoms with Crippen LogP contribution in [0.1, 0.15) is 13.8 Å². The quantitative estimate of drug-likeness (QED) is 0.479. The Bertz CT molecular complexity index is 254. The van der Waals surface area contributed by atoms with Crippen LogP contribution in [0.15, 0.2) is 0 Å². The summed E-state index contributed by atoms with van der Waals surface area (Å²) in [6.07, 6.45) is 0. The predicted octanol–water partition coefficient (Wildman–Crippen LogP) is -0.844. The second-order valence-corrected chi connectivity index (χ2v) is 3.99. The summed E-state index contributed by atoms with van der Waals surface area (Å²) < 4.78 is 4.88. The van der Waals surface area contributed by atoms with E-state index in [1.54, 1.807) is 13.8 Å². The fourth-order valence-electron chi connectivity index (χ4n) is 1.08. The molecule has 0 aliphatic carbocycles. The number of methoxy groups -OCH3 is 1. The molecule has 7 heteroatoms. The minimum atomic E-state index is -1.31. The molecule has 0 saturated heterocycles. The van der Waals surface area contributed by atoms with Gasteiger partial charge in [-0.2, -0.15) is 0 Å². The molecule has 0 fully saturated rings. The average Bonchev–Trinajstić information content (AvgIpc) is 2.12. The smallest absolute Gasteiger partial charge is 0.328 e. The molecule has 1 unspecified atom stereocenters. The zero-order valence-corrected chi connectivity index (χ0v) is 9.61. The van der Waals surface area contributed by atoms with Crippen LogP contribution in [-0.4, -0.2) is 54.1 Å². The van der Waals surface area contributed by atoms with Crippen LogP contribution < -0.4 is 10.6 Å². The molecular formula is C9H18N2O5. The molecule has 0 rings (SSSR count). The van der Waals surface area contributed by atoms with E-state index in [0.717, 1.165) is 0 Å². The normalized spacial score (nSPS) is 13.0. The number of carboxylic acid groups (broad SMARTS) is 1. The summed E-state index contributed by atoms with van der Waals surface area (Å²) in [6, 6.07) is -1.97. The largest absolute Gasteiger partial charge is 0.480 e. The Morgan fingerprint density at radius 1 is 1.44 bits per heavy atom. The van der Waals surface area contributed by atoms with E-state index in [2.05, 4.69) is 10.6 Å². The van der Waals surface area contributed by atoms with Gasteiger partial charge < -0.3 is 25.6 Å². The zero-order valence-electron chi connectivity index (χ0n) is 9.61. The number of carbonyl (C=O) groups is 2. The Balaban J connectivity index is 4.21. The van der Waals surface area contributed by atoms with Gasteiger partial charge in [-0.1, -0.05) is 0 Å². The van der Waals surface area contributed by atoms with E-state index in [9.17, 15) is 9.59 Å². The van der Waals surface area contributed by atoms with Crippen LogP contribution in [0.4, 0.5) is 4.79 Å². The number of urea groups is 1. The van der Waals surface area contributed by atoms with Gasteiger partial charge in [-0.3, -0.25) is 0 Å². The first-order valence-corrected chi connectivity index (χ1v) is 4.73. The fourth-order valence-corrected chi connectivity index (χ4v) is 1.08. The van der Waals surface area contributed by atoms with Crippen LogP contribution in [0.5, 0.6) is 0 Å². The molecule has 1 atom stereocenters. The number of carboxylic acids is 1. The fraction of sp³-hybridized carbons (Fsp3) is 0.778. The molecule has 0 aromatic carbocycles. The Hall–Kier alpha value is -1.34. The van der Waals surface area contributed by atoms with Gasteiger partial charge in [0.05, 0.1) is 18.8 Å². The number of aliphatic hydroxyl groups is 1. The highest BCUT2D eigenvalue weighted by molar-refractivity contribution is 5.82. The molecular weight excluding hydrogens is 216 g/mol. The zero-order chi connectivity index (χ0) is 12.8. The molecule has 0 radical (unpaired) electrons. The number of ether oxygens (including phenoxy) is 1. The lowest BCUT2D eigenvalue weighted by atomic mass is 10.1. The Kier molecular flexibility index (Phi) is 5.76. The monoisotopic (exact) mass is 234 g/mol. The number of nitrogens with one attached hydrogen (secondary N) is 2. The minimum absolute atomic E-state index is 0.289. The van der Waals surface area contributed by atoms with Gasteiger partial charge in [0, 0.05) is 7.11 Å². The maximum atomic E-state index is 11.4. The van der Waals surface area contributed by atoms with Gasteiger partial charge in [-0.05, 0) is 13.8 Å². The SMILES string of the molecule is COCC(C)(C)NC(=O)NC(CO)C(=O)O. The number of aliphatic carboxylic acids is 1. The number of carbonyl (C=O) groups excluding carboxylic acids is 1. The Morgan fingerprint density at radius 2 is 2.00 bits per heavy atom. The molecule has 0 aliphatic heterocycles. The predicted molar refractivity (Wildman–Crippen MR) is 56.1 cm³/mol. The molecule has 0 bridgehead atoms. The maximum Gasteiger partial charge on any atom is 0.328 e. The molecule has 0 spiro atoms. The lowest BCUT2D eigenvalue weighted by molar-refractivity contribution is -0.140. The van der Waals surface area contributed by atoms with Crippen LogP contribution in [-0.2, 0) is 9.53 Å². The van der Waals surface area contributed by atoms with Crippen molar-refractivity contribution < 1.29 is 24.5 Å². The van der Waals surface area contributed by atoms with Gasteiger partial charge in [-0.25, -0.2) is 9.59 Å². The third-order valence-corrected chi connectivity index (χ3v) is 1.74. The third-order valence-electron chi connectivity index (χ3n) is 1.74. The summed E-state index contributed by atoms with van der Waals surface area (Å²) in [5.41, 5.74) is -0.614. The number of amides is 2. The van der Waals surface area contributed by atoms with Crippen molar-refractivity contribution >= 4 is 12.0 Å². The minimum Gasteiger partial charge on any atom is -0.480 e. The van der Waals surface area contributed by atoms with E-state index in [0.29, 0.717) is 0 Å². The number of aliphatic hydroxyl groups excluding tert-OH is 1.